The molecule has 0 aromatic heterocycles. The van der Waals surface area contributed by atoms with Crippen molar-refractivity contribution in [1.82, 2.24) is 0 Å². The minimum atomic E-state index is -0.113. The van der Waals surface area contributed by atoms with E-state index in [1.165, 1.54) is 36.0 Å². The lowest BCUT2D eigenvalue weighted by molar-refractivity contribution is 0.299. The Balaban J connectivity index is 2.36. The van der Waals surface area contributed by atoms with Gasteiger partial charge in [0.1, 0.15) is 5.75 Å². The molecule has 0 bridgehead atoms. The van der Waals surface area contributed by atoms with Gasteiger partial charge in [-0.25, -0.2) is 0 Å². The van der Waals surface area contributed by atoms with Gasteiger partial charge in [0.15, 0.2) is 0 Å². The fourth-order valence-electron chi connectivity index (χ4n) is 3.09. The molecule has 1 aliphatic rings. The first-order valence-electron chi connectivity index (χ1n) is 7.10. The summed E-state index contributed by atoms with van der Waals surface area (Å²) in [6.07, 6.45) is 6.06. The lowest BCUT2D eigenvalue weighted by Gasteiger charge is -2.35. The highest BCUT2D eigenvalue weighted by Gasteiger charge is 2.31. The molecule has 0 radical (unpaired) electrons. The summed E-state index contributed by atoms with van der Waals surface area (Å²) in [7, 11) is 0. The van der Waals surface area contributed by atoms with Crippen molar-refractivity contribution in [2.24, 2.45) is 5.73 Å². The second-order valence-electron chi connectivity index (χ2n) is 5.58. The molecule has 18 heavy (non-hydrogen) atoms. The maximum absolute atomic E-state index is 6.63. The second kappa shape index (κ2) is 5.31. The van der Waals surface area contributed by atoms with Gasteiger partial charge in [0.2, 0.25) is 0 Å². The number of aryl methyl sites for hydroxylation is 2. The van der Waals surface area contributed by atoms with Gasteiger partial charge in [-0.3, -0.25) is 0 Å². The molecule has 2 rings (SSSR count). The Hall–Kier alpha value is -1.02. The van der Waals surface area contributed by atoms with Gasteiger partial charge in [0.25, 0.3) is 0 Å². The molecule has 2 N–H and O–H groups in total. The molecule has 0 saturated heterocycles. The van der Waals surface area contributed by atoms with E-state index in [9.17, 15) is 0 Å². The maximum atomic E-state index is 6.63. The average Bonchev–Trinajstić information content (AvgIpc) is 2.34. The van der Waals surface area contributed by atoms with E-state index in [1.807, 2.05) is 6.92 Å². The molecule has 1 aliphatic carbocycles. The van der Waals surface area contributed by atoms with E-state index in [4.69, 9.17) is 10.5 Å². The molecule has 1 aromatic rings. The fourth-order valence-corrected chi connectivity index (χ4v) is 3.09. The van der Waals surface area contributed by atoms with Gasteiger partial charge in [-0.2, -0.15) is 0 Å². The van der Waals surface area contributed by atoms with Crippen molar-refractivity contribution in [3.63, 3.8) is 0 Å². The van der Waals surface area contributed by atoms with Gasteiger partial charge in [-0.15, -0.1) is 0 Å². The third-order valence-electron chi connectivity index (χ3n) is 4.10. The van der Waals surface area contributed by atoms with Crippen LogP contribution in [-0.2, 0) is 5.54 Å². The Kier molecular flexibility index (Phi) is 3.96. The zero-order chi connectivity index (χ0) is 13.2. The summed E-state index contributed by atoms with van der Waals surface area (Å²) >= 11 is 0. The predicted molar refractivity (Wildman–Crippen MR) is 76.0 cm³/mol. The summed E-state index contributed by atoms with van der Waals surface area (Å²) in [5.74, 6) is 0.998. The largest absolute Gasteiger partial charge is 0.494 e. The van der Waals surface area contributed by atoms with Gasteiger partial charge < -0.3 is 10.5 Å². The van der Waals surface area contributed by atoms with Gasteiger partial charge >= 0.3 is 0 Å². The van der Waals surface area contributed by atoms with E-state index in [0.29, 0.717) is 6.61 Å². The van der Waals surface area contributed by atoms with Crippen molar-refractivity contribution >= 4 is 0 Å². The van der Waals surface area contributed by atoms with Gasteiger partial charge in [-0.05, 0) is 56.4 Å². The second-order valence-corrected chi connectivity index (χ2v) is 5.58. The SMILES string of the molecule is CCOc1cc(C)c(C2(N)CCCCC2)cc1C. The zero-order valence-corrected chi connectivity index (χ0v) is 11.9. The number of hydrogen-bond acceptors (Lipinski definition) is 2. The Morgan fingerprint density at radius 1 is 1.11 bits per heavy atom. The van der Waals surface area contributed by atoms with Gasteiger partial charge in [0, 0.05) is 5.54 Å². The summed E-state index contributed by atoms with van der Waals surface area (Å²) in [5.41, 5.74) is 10.3. The van der Waals surface area contributed by atoms with Crippen LogP contribution in [0, 0.1) is 13.8 Å². The molecule has 0 heterocycles. The Morgan fingerprint density at radius 2 is 1.78 bits per heavy atom. The normalized spacial score (nSPS) is 18.7. The van der Waals surface area contributed by atoms with E-state index in [1.54, 1.807) is 0 Å². The van der Waals surface area contributed by atoms with E-state index in [0.717, 1.165) is 18.6 Å². The molecule has 1 saturated carbocycles. The molecular weight excluding hydrogens is 222 g/mol. The van der Waals surface area contributed by atoms with Gasteiger partial charge in [0.05, 0.1) is 6.61 Å². The summed E-state index contributed by atoms with van der Waals surface area (Å²) in [5, 5.41) is 0. The Morgan fingerprint density at radius 3 is 2.39 bits per heavy atom. The molecule has 0 amide bonds. The highest BCUT2D eigenvalue weighted by molar-refractivity contribution is 5.44. The molecule has 0 spiro atoms. The summed E-state index contributed by atoms with van der Waals surface area (Å²) in [6, 6.07) is 4.39. The highest BCUT2D eigenvalue weighted by Crippen LogP contribution is 2.38. The fraction of sp³-hybridized carbons (Fsp3) is 0.625. The van der Waals surface area contributed by atoms with Crippen molar-refractivity contribution < 1.29 is 4.74 Å². The van der Waals surface area contributed by atoms with Crippen molar-refractivity contribution in [3.05, 3.63) is 28.8 Å². The first kappa shape index (κ1) is 13.4. The minimum absolute atomic E-state index is 0.113. The van der Waals surface area contributed by atoms with E-state index in [2.05, 4.69) is 26.0 Å². The van der Waals surface area contributed by atoms with Crippen LogP contribution < -0.4 is 10.5 Å². The van der Waals surface area contributed by atoms with Crippen molar-refractivity contribution in [1.29, 1.82) is 0 Å². The molecule has 2 nitrogen and oxygen atoms in total. The average molecular weight is 247 g/mol. The molecule has 100 valence electrons. The predicted octanol–water partition coefficient (Wildman–Crippen LogP) is 3.82. The number of benzene rings is 1. The number of nitrogens with two attached hydrogens (primary N) is 1. The Bertz CT molecular complexity index is 419. The van der Waals surface area contributed by atoms with Crippen LogP contribution in [0.15, 0.2) is 12.1 Å². The van der Waals surface area contributed by atoms with Crippen molar-refractivity contribution in [2.75, 3.05) is 6.61 Å². The molecular formula is C16H25NO. The van der Waals surface area contributed by atoms with E-state index in [-0.39, 0.29) is 5.54 Å². The smallest absolute Gasteiger partial charge is 0.122 e. The molecule has 1 fully saturated rings. The topological polar surface area (TPSA) is 35.2 Å². The van der Waals surface area contributed by atoms with Crippen LogP contribution in [0.25, 0.3) is 0 Å². The monoisotopic (exact) mass is 247 g/mol. The number of hydrogen-bond donors (Lipinski definition) is 1. The molecule has 1 aromatic carbocycles. The quantitative estimate of drug-likeness (QED) is 0.881. The van der Waals surface area contributed by atoms with Crippen LogP contribution in [0.4, 0.5) is 0 Å². The zero-order valence-electron chi connectivity index (χ0n) is 11.9. The first-order valence-corrected chi connectivity index (χ1v) is 7.10. The van der Waals surface area contributed by atoms with E-state index >= 15 is 0 Å². The number of rotatable bonds is 3. The van der Waals surface area contributed by atoms with Crippen LogP contribution in [-0.4, -0.2) is 6.61 Å². The van der Waals surface area contributed by atoms with Gasteiger partial charge in [-0.1, -0.05) is 25.3 Å². The van der Waals surface area contributed by atoms with Crippen molar-refractivity contribution in [3.8, 4) is 5.75 Å². The van der Waals surface area contributed by atoms with Crippen LogP contribution in [0.2, 0.25) is 0 Å². The first-order chi connectivity index (χ1) is 8.57. The van der Waals surface area contributed by atoms with Crippen LogP contribution in [0.5, 0.6) is 5.75 Å². The van der Waals surface area contributed by atoms with Crippen molar-refractivity contribution in [2.45, 2.75) is 58.4 Å². The number of ether oxygens (including phenoxy) is 1. The molecule has 2 heteroatoms. The Labute approximate surface area is 111 Å². The lowest BCUT2D eigenvalue weighted by atomic mass is 9.75. The standard InChI is InChI=1S/C16H25NO/c1-4-18-15-11-12(2)14(10-13(15)3)16(17)8-6-5-7-9-16/h10-11H,4-9,17H2,1-3H3. The maximum Gasteiger partial charge on any atom is 0.122 e. The van der Waals surface area contributed by atoms with Crippen LogP contribution in [0.1, 0.15) is 55.7 Å². The summed E-state index contributed by atoms with van der Waals surface area (Å²) in [4.78, 5) is 0. The third kappa shape index (κ3) is 2.54. The molecule has 0 unspecified atom stereocenters. The summed E-state index contributed by atoms with van der Waals surface area (Å²) < 4.78 is 5.65. The third-order valence-corrected chi connectivity index (χ3v) is 4.10. The summed E-state index contributed by atoms with van der Waals surface area (Å²) in [6.45, 7) is 7.00. The molecule has 0 atom stereocenters. The van der Waals surface area contributed by atoms with Crippen LogP contribution >= 0.6 is 0 Å². The molecule has 0 aliphatic heterocycles. The van der Waals surface area contributed by atoms with E-state index < -0.39 is 0 Å². The minimum Gasteiger partial charge on any atom is -0.494 e. The lowest BCUT2D eigenvalue weighted by Crippen LogP contribution is -2.39. The van der Waals surface area contributed by atoms with Crippen LogP contribution in [0.3, 0.4) is 0 Å². The highest BCUT2D eigenvalue weighted by atomic mass is 16.5.